The smallest absolute Gasteiger partial charge is 0.333 e. The molecule has 0 aliphatic heterocycles. The Morgan fingerprint density at radius 3 is 1.03 bits per heavy atom. The largest absolute Gasteiger partial charge is 0.460 e. The summed E-state index contributed by atoms with van der Waals surface area (Å²) in [6.07, 6.45) is 8.89. The third-order valence-corrected chi connectivity index (χ3v) is 31.5. The predicted octanol–water partition coefficient (Wildman–Crippen LogP) is 11.1. The molecule has 560 valence electrons. The van der Waals surface area contributed by atoms with E-state index in [1.54, 1.807) is 43.3 Å². The van der Waals surface area contributed by atoms with Crippen LogP contribution in [0.2, 0.25) is 0 Å². The molecule has 0 saturated heterocycles. The normalized spacial score (nSPS) is 42.5. The fourth-order valence-electron chi connectivity index (χ4n) is 21.8. The van der Waals surface area contributed by atoms with Crippen molar-refractivity contribution in [3.63, 3.8) is 0 Å². The fraction of sp³-hybridized carbons (Fsp3) is 0.709. The molecule has 2 aromatic carbocycles. The van der Waals surface area contributed by atoms with Gasteiger partial charge in [0, 0.05) is 64.1 Å². The summed E-state index contributed by atoms with van der Waals surface area (Å²) >= 11 is 0. The Balaban J connectivity index is 0.000000179. The van der Waals surface area contributed by atoms with Crippen LogP contribution < -0.4 is 0 Å². The van der Waals surface area contributed by atoms with Gasteiger partial charge in [0.1, 0.15) is 48.6 Å². The maximum atomic E-state index is 13.4. The van der Waals surface area contributed by atoms with Gasteiger partial charge in [0.25, 0.3) is 20.2 Å². The van der Waals surface area contributed by atoms with Gasteiger partial charge in [0.05, 0.1) is 33.5 Å². The maximum absolute atomic E-state index is 13.4. The predicted molar refractivity (Wildman–Crippen MR) is 376 cm³/mol. The van der Waals surface area contributed by atoms with Crippen molar-refractivity contribution >= 4 is 61.8 Å². The van der Waals surface area contributed by atoms with Crippen molar-refractivity contribution in [3.05, 3.63) is 85.0 Å². The Morgan fingerprint density at radius 2 is 0.752 bits per heavy atom. The van der Waals surface area contributed by atoms with E-state index in [-0.39, 0.29) is 98.2 Å². The van der Waals surface area contributed by atoms with Crippen molar-refractivity contribution < 1.29 is 93.4 Å². The first kappa shape index (κ1) is 79.8. The SMILES string of the molecule is C=C[C@]1(C)C[C@@H](OC(=O)CO)[C@]2(C)[C@H](C)CC[C@]3(CCC(=O)[C@H]32)[C@@H](C)[C@@H]1O.C=C[C@]1(C)C[C@@H](OC(=O)COS(=O)(=O)c2ccc(C)cc2)[C@]2(C)[C@H](C)CC[C@]3(CCC(=O)[C@H]32)[C@@H](C)[C@@H]1O.Cc1ccc(S(=O)(=O)OCC(=O)O[C@@H]2C[C@@](C)(C=O)[C@@H](O)[C@H](C)[C@]34CCC(=O)[C@H]3[C@@]2(C)[C@H](C)CC4)cc1. The molecule has 20 nitrogen and oxygen atoms in total. The standard InChI is InChI=1S/C29H40O7S.C28H38O8S.C22H34O5/c1-7-27(5)16-23(36-24(31)17-35-37(33,34)21-10-8-18(2)9-11-21)28(6)19(3)12-14-29(20(4)26(27)32)15-13-22(30)25(28)29;1-17-6-8-20(9-7-17)37(33,34)35-15-23(31)36-22-14-26(4,16-29)25(32)19(3)28-12-10-18(2)27(22,5)24(28)21(30)11-13-28;1-6-20(4)11-16(27-17(25)12-23)21(5)13(2)7-9-22(14(3)19(20)26)10-8-15(24)18(21)22/h7-11,19-20,23,25-26,32H,1,12-17H2,2-6H3;6-9,16,18-19,22,24-25,32H,10-15H2,1-5H3;6,13-14,16,18-19,23,26H,1,7-12H2,2-5H3/t19-,20+,23-,25+,26+,27-,28+,29+;18-,19+,22-,24+,25+,26+,27+,28+;13-,14+,16-,18+,19+,20-,21+,22+/m111/s1. The van der Waals surface area contributed by atoms with Crippen molar-refractivity contribution in [1.82, 2.24) is 0 Å². The van der Waals surface area contributed by atoms with Crippen LogP contribution in [0.5, 0.6) is 0 Å². The minimum atomic E-state index is -4.19. The van der Waals surface area contributed by atoms with Crippen molar-refractivity contribution in [1.29, 1.82) is 0 Å². The van der Waals surface area contributed by atoms with Gasteiger partial charge in [0.2, 0.25) is 0 Å². The maximum Gasteiger partial charge on any atom is 0.333 e. The molecule has 0 unspecified atom stereocenters. The molecule has 0 spiro atoms. The molecular formula is C79H112O20S2. The van der Waals surface area contributed by atoms with Crippen LogP contribution >= 0.6 is 0 Å². The Bertz CT molecular complexity index is 3560. The second kappa shape index (κ2) is 28.9. The molecule has 24 atom stereocenters. The second-order valence-corrected chi connectivity index (χ2v) is 37.1. The number of hydrogen-bond donors (Lipinski definition) is 4. The number of aryl methyl sites for hydroxylation is 2. The summed E-state index contributed by atoms with van der Waals surface area (Å²) < 4.78 is 78.2. The highest BCUT2D eigenvalue weighted by Gasteiger charge is 2.72. The number of carbonyl (C=O) groups is 7. The van der Waals surface area contributed by atoms with Crippen molar-refractivity contribution in [3.8, 4) is 0 Å². The average molecular weight is 1450 g/mol. The van der Waals surface area contributed by atoms with Gasteiger partial charge < -0.3 is 39.4 Å². The summed E-state index contributed by atoms with van der Waals surface area (Å²) in [7, 11) is -8.33. The molecule has 0 radical (unpaired) electrons. The molecule has 11 rings (SSSR count). The van der Waals surface area contributed by atoms with Crippen LogP contribution in [0.4, 0.5) is 0 Å². The van der Waals surface area contributed by atoms with Gasteiger partial charge in [-0.3, -0.25) is 22.7 Å². The Labute approximate surface area is 598 Å². The van der Waals surface area contributed by atoms with Crippen LogP contribution in [0.1, 0.15) is 191 Å². The number of aldehydes is 1. The van der Waals surface area contributed by atoms with Gasteiger partial charge in [-0.1, -0.05) is 131 Å². The molecule has 4 N–H and O–H groups in total. The van der Waals surface area contributed by atoms with Crippen LogP contribution in [0.15, 0.2) is 83.6 Å². The minimum absolute atomic E-state index is 0.000953. The van der Waals surface area contributed by atoms with Gasteiger partial charge in [-0.25, -0.2) is 14.4 Å². The van der Waals surface area contributed by atoms with Crippen LogP contribution in [0.25, 0.3) is 0 Å². The number of carbonyl (C=O) groups excluding carboxylic acids is 7. The summed E-state index contributed by atoms with van der Waals surface area (Å²) in [6, 6.07) is 12.2. The van der Waals surface area contributed by atoms with E-state index in [0.29, 0.717) is 38.5 Å². The molecule has 2 aromatic rings. The van der Waals surface area contributed by atoms with Crippen molar-refractivity contribution in [2.24, 2.45) is 102 Å². The molecule has 9 fully saturated rings. The lowest BCUT2D eigenvalue weighted by Gasteiger charge is -2.61. The highest BCUT2D eigenvalue weighted by Crippen LogP contribution is 2.71. The molecule has 9 aliphatic carbocycles. The monoisotopic (exact) mass is 1440 g/mol. The van der Waals surface area contributed by atoms with Gasteiger partial charge in [-0.15, -0.1) is 13.2 Å². The average Bonchev–Trinajstić information content (AvgIpc) is 1.67. The minimum Gasteiger partial charge on any atom is -0.460 e. The molecule has 22 heteroatoms. The van der Waals surface area contributed by atoms with Crippen LogP contribution in [0, 0.1) is 116 Å². The third-order valence-electron chi connectivity index (χ3n) is 28.9. The Hall–Kier alpha value is -5.33. The Kier molecular flexibility index (Phi) is 22.8. The van der Waals surface area contributed by atoms with E-state index < -0.39 is 138 Å². The first-order chi connectivity index (χ1) is 47.0. The number of benzene rings is 2. The molecule has 101 heavy (non-hydrogen) atoms. The highest BCUT2D eigenvalue weighted by molar-refractivity contribution is 7.87. The van der Waals surface area contributed by atoms with Crippen LogP contribution in [-0.4, -0.2) is 135 Å². The summed E-state index contributed by atoms with van der Waals surface area (Å²) in [6.45, 7) is 33.3. The number of ether oxygens (including phenoxy) is 3. The summed E-state index contributed by atoms with van der Waals surface area (Å²) in [5.74, 6) is -3.08. The molecule has 9 aliphatic rings. The lowest BCUT2D eigenvalue weighted by Crippen LogP contribution is -2.63. The van der Waals surface area contributed by atoms with Gasteiger partial charge in [0.15, 0.2) is 13.2 Å². The first-order valence-corrected chi connectivity index (χ1v) is 39.3. The van der Waals surface area contributed by atoms with E-state index in [1.807, 2.05) is 62.3 Å². The number of aliphatic hydroxyl groups excluding tert-OH is 4. The first-order valence-electron chi connectivity index (χ1n) is 36.5. The zero-order chi connectivity index (χ0) is 75.0. The molecule has 9 saturated carbocycles. The zero-order valence-corrected chi connectivity index (χ0v) is 63.4. The van der Waals surface area contributed by atoms with E-state index in [4.69, 9.17) is 22.6 Å². The Morgan fingerprint density at radius 1 is 0.475 bits per heavy atom. The van der Waals surface area contributed by atoms with E-state index in [1.165, 1.54) is 24.3 Å². The number of rotatable bonds is 15. The number of esters is 3. The number of aliphatic hydroxyl groups is 4. The van der Waals surface area contributed by atoms with Gasteiger partial charge >= 0.3 is 17.9 Å². The third kappa shape index (κ3) is 13.6. The van der Waals surface area contributed by atoms with Gasteiger partial charge in [-0.2, -0.15) is 16.8 Å². The van der Waals surface area contributed by atoms with E-state index >= 15 is 0 Å². The second-order valence-electron chi connectivity index (χ2n) is 33.8. The van der Waals surface area contributed by atoms with Crippen molar-refractivity contribution in [2.45, 2.75) is 240 Å². The highest BCUT2D eigenvalue weighted by atomic mass is 32.2. The fourth-order valence-corrected chi connectivity index (χ4v) is 23.5. The molecule has 0 amide bonds. The van der Waals surface area contributed by atoms with Crippen LogP contribution in [-0.2, 0) is 76.4 Å². The lowest BCUT2D eigenvalue weighted by atomic mass is 9.44. The molecule has 0 aromatic heterocycles. The molecule has 6 bridgehead atoms. The topological polar surface area (TPSA) is 315 Å². The molecular weight excluding hydrogens is 1330 g/mol. The van der Waals surface area contributed by atoms with E-state index in [0.717, 1.165) is 62.4 Å². The quantitative estimate of drug-likeness (QED) is 0.0423. The van der Waals surface area contributed by atoms with Gasteiger partial charge in [-0.05, 0) is 167 Å². The summed E-state index contributed by atoms with van der Waals surface area (Å²) in [4.78, 5) is 90.4. The number of Topliss-reactive ketones (excluding diaryl/α,β-unsaturated/α-hetero) is 3. The number of hydrogen-bond acceptors (Lipinski definition) is 20. The number of ketones is 3. The van der Waals surface area contributed by atoms with Crippen LogP contribution in [0.3, 0.4) is 0 Å². The van der Waals surface area contributed by atoms with Crippen molar-refractivity contribution in [2.75, 3.05) is 19.8 Å². The zero-order valence-electron chi connectivity index (χ0n) is 61.8. The van der Waals surface area contributed by atoms with E-state index in [9.17, 15) is 70.8 Å². The summed E-state index contributed by atoms with van der Waals surface area (Å²) in [5, 5.41) is 43.6. The lowest BCUT2D eigenvalue weighted by molar-refractivity contribution is -0.210. The van der Waals surface area contributed by atoms with E-state index in [2.05, 4.69) is 40.9 Å². The molecule has 0 heterocycles. The summed E-state index contributed by atoms with van der Waals surface area (Å²) in [5.41, 5.74) is -3.93.